The average Bonchev–Trinajstić information content (AvgIpc) is 3.03. The average molecular weight is 255 g/mol. The third-order valence-corrected chi connectivity index (χ3v) is 3.97. The van der Waals surface area contributed by atoms with Gasteiger partial charge in [-0.05, 0) is 42.9 Å². The number of hydrogen-bond donors (Lipinski definition) is 1. The molecular weight excluding hydrogens is 236 g/mol. The van der Waals surface area contributed by atoms with Gasteiger partial charge in [0, 0.05) is 18.3 Å². The Kier molecular flexibility index (Phi) is 3.28. The van der Waals surface area contributed by atoms with E-state index >= 15 is 0 Å². The van der Waals surface area contributed by atoms with Crippen LogP contribution in [0.3, 0.4) is 0 Å². The maximum absolute atomic E-state index is 9.38. The van der Waals surface area contributed by atoms with Gasteiger partial charge < -0.3 is 5.11 Å². The van der Waals surface area contributed by atoms with Crippen molar-refractivity contribution in [1.29, 1.82) is 0 Å². The summed E-state index contributed by atoms with van der Waals surface area (Å²) in [4.78, 5) is 0. The lowest BCUT2D eigenvalue weighted by atomic mass is 9.97. The Balaban J connectivity index is 1.91. The molecule has 0 aliphatic heterocycles. The standard InChI is InChI=1S/C16H19N2O/c1-18-16(10-12-4-2-3-5-12)15(11-17-18)13-6-8-14(19)9-7-13/h6-9,11,19H,2-5,10H2,1H3. The fraction of sp³-hybridized carbons (Fsp3) is 0.375. The molecule has 1 saturated carbocycles. The number of benzene rings is 1. The molecule has 3 nitrogen and oxygen atoms in total. The van der Waals surface area contributed by atoms with E-state index in [4.69, 9.17) is 0 Å². The van der Waals surface area contributed by atoms with Crippen LogP contribution in [0.4, 0.5) is 0 Å². The molecule has 1 radical (unpaired) electrons. The van der Waals surface area contributed by atoms with Gasteiger partial charge in [-0.15, -0.1) is 0 Å². The molecule has 19 heavy (non-hydrogen) atoms. The van der Waals surface area contributed by atoms with Gasteiger partial charge in [0.2, 0.25) is 0 Å². The van der Waals surface area contributed by atoms with Crippen LogP contribution in [0.1, 0.15) is 31.4 Å². The molecular formula is C16H19N2O. The summed E-state index contributed by atoms with van der Waals surface area (Å²) < 4.78 is 1.98. The third-order valence-electron chi connectivity index (χ3n) is 3.97. The number of hydrogen-bond acceptors (Lipinski definition) is 2. The maximum Gasteiger partial charge on any atom is 0.115 e. The highest BCUT2D eigenvalue weighted by molar-refractivity contribution is 5.66. The van der Waals surface area contributed by atoms with Gasteiger partial charge in [-0.3, -0.25) is 4.68 Å². The summed E-state index contributed by atoms with van der Waals surface area (Å²) in [6.07, 6.45) is 8.16. The van der Waals surface area contributed by atoms with Gasteiger partial charge in [-0.1, -0.05) is 25.0 Å². The summed E-state index contributed by atoms with van der Waals surface area (Å²) in [5, 5.41) is 13.8. The van der Waals surface area contributed by atoms with E-state index in [1.54, 1.807) is 18.1 Å². The minimum absolute atomic E-state index is 0.305. The van der Waals surface area contributed by atoms with Crippen molar-refractivity contribution < 1.29 is 5.11 Å². The Labute approximate surface area is 113 Å². The first-order chi connectivity index (χ1) is 9.24. The van der Waals surface area contributed by atoms with E-state index < -0.39 is 0 Å². The monoisotopic (exact) mass is 255 g/mol. The van der Waals surface area contributed by atoms with Gasteiger partial charge in [0.25, 0.3) is 0 Å². The van der Waals surface area contributed by atoms with Crippen LogP contribution in [0.25, 0.3) is 11.1 Å². The molecule has 1 heterocycles. The fourth-order valence-corrected chi connectivity index (χ4v) is 2.84. The van der Waals surface area contributed by atoms with Crippen LogP contribution in [-0.2, 0) is 13.5 Å². The Morgan fingerprint density at radius 3 is 2.53 bits per heavy atom. The summed E-state index contributed by atoms with van der Waals surface area (Å²) in [5.74, 6) is 1.95. The van der Waals surface area contributed by atoms with Crippen molar-refractivity contribution in [2.75, 3.05) is 0 Å². The van der Waals surface area contributed by atoms with Gasteiger partial charge in [0.15, 0.2) is 0 Å². The minimum Gasteiger partial charge on any atom is -0.508 e. The molecule has 1 fully saturated rings. The summed E-state index contributed by atoms with van der Waals surface area (Å²) in [5.41, 5.74) is 3.59. The number of aromatic hydroxyl groups is 1. The minimum atomic E-state index is 0.305. The first-order valence-electron chi connectivity index (χ1n) is 6.88. The molecule has 1 aliphatic rings. The lowest BCUT2D eigenvalue weighted by Gasteiger charge is -2.11. The van der Waals surface area contributed by atoms with E-state index in [1.165, 1.54) is 36.9 Å². The molecule has 0 atom stereocenters. The molecule has 1 aromatic heterocycles. The van der Waals surface area contributed by atoms with Gasteiger partial charge in [0.1, 0.15) is 5.75 Å². The highest BCUT2D eigenvalue weighted by Gasteiger charge is 2.20. The Hall–Kier alpha value is -1.77. The van der Waals surface area contributed by atoms with Crippen LogP contribution in [0, 0.1) is 5.92 Å². The fourth-order valence-electron chi connectivity index (χ4n) is 2.84. The molecule has 1 N–H and O–H groups in total. The molecule has 2 aromatic rings. The second-order valence-electron chi connectivity index (χ2n) is 5.31. The summed E-state index contributed by atoms with van der Waals surface area (Å²) >= 11 is 0. The van der Waals surface area contributed by atoms with Crippen molar-refractivity contribution in [3.63, 3.8) is 0 Å². The van der Waals surface area contributed by atoms with Gasteiger partial charge >= 0.3 is 0 Å². The van der Waals surface area contributed by atoms with E-state index in [2.05, 4.69) is 5.10 Å². The van der Waals surface area contributed by atoms with E-state index in [9.17, 15) is 5.11 Å². The highest BCUT2D eigenvalue weighted by Crippen LogP contribution is 2.33. The Morgan fingerprint density at radius 1 is 1.16 bits per heavy atom. The number of aromatic nitrogens is 2. The first kappa shape index (κ1) is 12.3. The zero-order valence-electron chi connectivity index (χ0n) is 11.3. The molecule has 3 rings (SSSR count). The predicted octanol–water partition coefficient (Wildman–Crippen LogP) is 3.48. The quantitative estimate of drug-likeness (QED) is 0.911. The van der Waals surface area contributed by atoms with Crippen LogP contribution in [-0.4, -0.2) is 14.9 Å². The highest BCUT2D eigenvalue weighted by atomic mass is 16.3. The topological polar surface area (TPSA) is 38.0 Å². The number of aryl methyl sites for hydroxylation is 1. The summed E-state index contributed by atoms with van der Waals surface area (Å²) in [7, 11) is 2.01. The van der Waals surface area contributed by atoms with E-state index in [0.29, 0.717) is 5.75 Å². The molecule has 0 unspecified atom stereocenters. The molecule has 1 aliphatic carbocycles. The van der Waals surface area contributed by atoms with Crippen LogP contribution in [0.15, 0.2) is 30.5 Å². The lowest BCUT2D eigenvalue weighted by Crippen LogP contribution is -2.04. The van der Waals surface area contributed by atoms with Gasteiger partial charge in [0.05, 0.1) is 6.20 Å². The molecule has 0 amide bonds. The van der Waals surface area contributed by atoms with Crippen molar-refractivity contribution >= 4 is 0 Å². The Bertz CT molecular complexity index is 551. The van der Waals surface area contributed by atoms with E-state index in [1.807, 2.05) is 30.1 Å². The normalized spacial score (nSPS) is 16.1. The van der Waals surface area contributed by atoms with Crippen molar-refractivity contribution in [3.05, 3.63) is 42.1 Å². The number of phenolic OH excluding ortho intramolecular Hbond substituents is 1. The maximum atomic E-state index is 9.38. The molecule has 0 spiro atoms. The zero-order valence-corrected chi connectivity index (χ0v) is 11.3. The number of rotatable bonds is 3. The number of phenols is 1. The van der Waals surface area contributed by atoms with Crippen molar-refractivity contribution in [2.24, 2.45) is 7.05 Å². The van der Waals surface area contributed by atoms with E-state index in [-0.39, 0.29) is 0 Å². The Morgan fingerprint density at radius 2 is 1.84 bits per heavy atom. The van der Waals surface area contributed by atoms with Crippen molar-refractivity contribution in [3.8, 4) is 16.9 Å². The molecule has 3 heteroatoms. The largest absolute Gasteiger partial charge is 0.508 e. The molecule has 99 valence electrons. The predicted molar refractivity (Wildman–Crippen MR) is 75.7 cm³/mol. The van der Waals surface area contributed by atoms with Crippen LogP contribution in [0.5, 0.6) is 5.75 Å². The SMILES string of the molecule is Cn1ncc(-c2ccc(O)cc2)c1C[C]1CCCC1. The zero-order chi connectivity index (χ0) is 13.2. The second kappa shape index (κ2) is 5.08. The lowest BCUT2D eigenvalue weighted by molar-refractivity contribution is 0.475. The molecule has 0 saturated heterocycles. The summed E-state index contributed by atoms with van der Waals surface area (Å²) in [6.45, 7) is 0. The van der Waals surface area contributed by atoms with Gasteiger partial charge in [-0.25, -0.2) is 0 Å². The smallest absolute Gasteiger partial charge is 0.115 e. The third kappa shape index (κ3) is 2.50. The van der Waals surface area contributed by atoms with Crippen molar-refractivity contribution in [2.45, 2.75) is 32.1 Å². The molecule has 0 bridgehead atoms. The number of nitrogens with zero attached hydrogens (tertiary/aromatic N) is 2. The van der Waals surface area contributed by atoms with E-state index in [0.717, 1.165) is 12.0 Å². The molecule has 1 aromatic carbocycles. The second-order valence-corrected chi connectivity index (χ2v) is 5.31. The first-order valence-corrected chi connectivity index (χ1v) is 6.88. The summed E-state index contributed by atoms with van der Waals surface area (Å²) in [6, 6.07) is 7.37. The van der Waals surface area contributed by atoms with Gasteiger partial charge in [-0.2, -0.15) is 5.10 Å². The van der Waals surface area contributed by atoms with Crippen LogP contribution in [0.2, 0.25) is 0 Å². The van der Waals surface area contributed by atoms with Crippen LogP contribution < -0.4 is 0 Å². The van der Waals surface area contributed by atoms with Crippen molar-refractivity contribution in [1.82, 2.24) is 9.78 Å². The van der Waals surface area contributed by atoms with Crippen LogP contribution >= 0.6 is 0 Å².